The molecule has 0 aromatic rings. The van der Waals surface area contributed by atoms with Gasteiger partial charge in [0.15, 0.2) is 0 Å². The second-order valence-electron chi connectivity index (χ2n) is 2.85. The van der Waals surface area contributed by atoms with E-state index in [9.17, 15) is 0 Å². The van der Waals surface area contributed by atoms with Crippen molar-refractivity contribution in [1.82, 2.24) is 0 Å². The molecular formula is C8H12N2. The molecule has 0 aromatic heterocycles. The fraction of sp³-hybridized carbons (Fsp3) is 0.375. The second kappa shape index (κ2) is 2.39. The molecule has 2 N–H and O–H groups in total. The van der Waals surface area contributed by atoms with Crippen LogP contribution in [0.25, 0.3) is 0 Å². The zero-order chi connectivity index (χ0) is 7.61. The molecular weight excluding hydrogens is 124 g/mol. The lowest BCUT2D eigenvalue weighted by atomic mass is 10.0. The Balaban J connectivity index is 2.93. The molecule has 1 atom stereocenters. The van der Waals surface area contributed by atoms with Gasteiger partial charge in [0.05, 0.1) is 5.54 Å². The van der Waals surface area contributed by atoms with Gasteiger partial charge in [0.25, 0.3) is 0 Å². The summed E-state index contributed by atoms with van der Waals surface area (Å²) in [5.41, 5.74) is 6.60. The summed E-state index contributed by atoms with van der Waals surface area (Å²) in [5.74, 6) is 0. The molecule has 0 saturated carbocycles. The van der Waals surface area contributed by atoms with Gasteiger partial charge < -0.3 is 5.73 Å². The molecule has 0 aliphatic carbocycles. The average Bonchev–Trinajstić information content (AvgIpc) is 1.90. The molecule has 0 bridgehead atoms. The number of nitrogens with zero attached hydrogens (tertiary/aromatic N) is 1. The van der Waals surface area contributed by atoms with Crippen molar-refractivity contribution < 1.29 is 0 Å². The van der Waals surface area contributed by atoms with Crippen molar-refractivity contribution in [3.05, 3.63) is 23.9 Å². The molecule has 0 amide bonds. The van der Waals surface area contributed by atoms with Crippen LogP contribution in [0, 0.1) is 0 Å². The maximum absolute atomic E-state index is 5.82. The first-order valence-corrected chi connectivity index (χ1v) is 3.29. The van der Waals surface area contributed by atoms with Crippen molar-refractivity contribution in [3.63, 3.8) is 0 Å². The number of hydrogen-bond acceptors (Lipinski definition) is 2. The van der Waals surface area contributed by atoms with E-state index in [2.05, 4.69) is 4.99 Å². The zero-order valence-corrected chi connectivity index (χ0v) is 6.33. The Bertz CT molecular complexity index is 209. The van der Waals surface area contributed by atoms with E-state index in [0.717, 1.165) is 5.57 Å². The van der Waals surface area contributed by atoms with Gasteiger partial charge in [-0.05, 0) is 25.5 Å². The highest BCUT2D eigenvalue weighted by Crippen LogP contribution is 2.09. The molecule has 0 aromatic carbocycles. The summed E-state index contributed by atoms with van der Waals surface area (Å²) < 4.78 is 0. The second-order valence-corrected chi connectivity index (χ2v) is 2.85. The molecule has 2 nitrogen and oxygen atoms in total. The van der Waals surface area contributed by atoms with Crippen LogP contribution >= 0.6 is 0 Å². The number of rotatable bonds is 0. The summed E-state index contributed by atoms with van der Waals surface area (Å²) in [5, 5.41) is 0. The Labute approximate surface area is 61.1 Å². The van der Waals surface area contributed by atoms with Crippen LogP contribution in [0.2, 0.25) is 0 Å². The van der Waals surface area contributed by atoms with Crippen LogP contribution in [0.15, 0.2) is 28.9 Å². The molecule has 1 aliphatic heterocycles. The average molecular weight is 136 g/mol. The van der Waals surface area contributed by atoms with E-state index >= 15 is 0 Å². The Hall–Kier alpha value is -0.890. The first kappa shape index (κ1) is 7.22. The van der Waals surface area contributed by atoms with Gasteiger partial charge in [0, 0.05) is 12.4 Å². The van der Waals surface area contributed by atoms with Crippen molar-refractivity contribution in [1.29, 1.82) is 0 Å². The number of allylic oxidation sites excluding steroid dienone is 1. The molecule has 10 heavy (non-hydrogen) atoms. The Morgan fingerprint density at radius 3 is 3.00 bits per heavy atom. The standard InChI is InChI=1S/C8H12N2/c1-7-5-8(2,9)3-4-10-6-7/h3-6H,9H2,1-2H3. The van der Waals surface area contributed by atoms with E-state index in [1.807, 2.05) is 26.0 Å². The van der Waals surface area contributed by atoms with E-state index in [1.54, 1.807) is 12.4 Å². The van der Waals surface area contributed by atoms with E-state index in [0.29, 0.717) is 0 Å². The van der Waals surface area contributed by atoms with Gasteiger partial charge >= 0.3 is 0 Å². The Kier molecular flexibility index (Phi) is 1.72. The molecule has 0 radical (unpaired) electrons. The highest BCUT2D eigenvalue weighted by Gasteiger charge is 2.10. The van der Waals surface area contributed by atoms with E-state index in [4.69, 9.17) is 5.73 Å². The normalized spacial score (nSPS) is 31.7. The molecule has 2 heteroatoms. The fourth-order valence-electron chi connectivity index (χ4n) is 0.940. The summed E-state index contributed by atoms with van der Waals surface area (Å²) in [6.45, 7) is 3.93. The summed E-state index contributed by atoms with van der Waals surface area (Å²) in [7, 11) is 0. The highest BCUT2D eigenvalue weighted by molar-refractivity contribution is 5.79. The Morgan fingerprint density at radius 2 is 2.30 bits per heavy atom. The van der Waals surface area contributed by atoms with Crippen LogP contribution in [-0.4, -0.2) is 11.8 Å². The third-order valence-corrected chi connectivity index (χ3v) is 1.34. The van der Waals surface area contributed by atoms with Gasteiger partial charge in [0.1, 0.15) is 0 Å². The van der Waals surface area contributed by atoms with E-state index < -0.39 is 0 Å². The van der Waals surface area contributed by atoms with Crippen LogP contribution < -0.4 is 5.73 Å². The van der Waals surface area contributed by atoms with Crippen LogP contribution in [-0.2, 0) is 0 Å². The number of aliphatic imine (C=N–C) groups is 1. The minimum atomic E-state index is -0.333. The molecule has 1 heterocycles. The number of nitrogens with two attached hydrogens (primary N) is 1. The molecule has 0 spiro atoms. The van der Waals surface area contributed by atoms with Crippen molar-refractivity contribution in [2.45, 2.75) is 19.4 Å². The van der Waals surface area contributed by atoms with Gasteiger partial charge in [0.2, 0.25) is 0 Å². The quantitative estimate of drug-likeness (QED) is 0.534. The van der Waals surface area contributed by atoms with Crippen molar-refractivity contribution in [2.24, 2.45) is 10.7 Å². The lowest BCUT2D eigenvalue weighted by Gasteiger charge is -2.13. The topological polar surface area (TPSA) is 38.4 Å². The molecule has 0 saturated heterocycles. The van der Waals surface area contributed by atoms with E-state index in [1.165, 1.54) is 0 Å². The van der Waals surface area contributed by atoms with Gasteiger partial charge in [-0.2, -0.15) is 0 Å². The van der Waals surface area contributed by atoms with Crippen molar-refractivity contribution in [2.75, 3.05) is 0 Å². The summed E-state index contributed by atoms with van der Waals surface area (Å²) >= 11 is 0. The maximum atomic E-state index is 5.82. The predicted molar refractivity (Wildman–Crippen MR) is 44.0 cm³/mol. The van der Waals surface area contributed by atoms with E-state index in [-0.39, 0.29) is 5.54 Å². The molecule has 1 aliphatic rings. The minimum absolute atomic E-state index is 0.333. The minimum Gasteiger partial charge on any atom is -0.319 e. The SMILES string of the molecule is CC1=CC(C)(N)C=CN=C1. The Morgan fingerprint density at radius 1 is 1.60 bits per heavy atom. The predicted octanol–water partition coefficient (Wildman–Crippen LogP) is 1.25. The van der Waals surface area contributed by atoms with Gasteiger partial charge in [-0.15, -0.1) is 0 Å². The van der Waals surface area contributed by atoms with Gasteiger partial charge in [-0.25, -0.2) is 0 Å². The first-order valence-electron chi connectivity index (χ1n) is 3.29. The molecule has 54 valence electrons. The summed E-state index contributed by atoms with van der Waals surface area (Å²) in [4.78, 5) is 3.99. The maximum Gasteiger partial charge on any atom is 0.0520 e. The molecule has 0 fully saturated rings. The monoisotopic (exact) mass is 136 g/mol. The van der Waals surface area contributed by atoms with Crippen LogP contribution in [0.4, 0.5) is 0 Å². The summed E-state index contributed by atoms with van der Waals surface area (Å²) in [6, 6.07) is 0. The fourth-order valence-corrected chi connectivity index (χ4v) is 0.940. The first-order chi connectivity index (χ1) is 4.60. The van der Waals surface area contributed by atoms with Crippen LogP contribution in [0.5, 0.6) is 0 Å². The third kappa shape index (κ3) is 1.81. The lowest BCUT2D eigenvalue weighted by Crippen LogP contribution is -2.30. The summed E-state index contributed by atoms with van der Waals surface area (Å²) in [6.07, 6.45) is 7.39. The van der Waals surface area contributed by atoms with Crippen molar-refractivity contribution in [3.8, 4) is 0 Å². The smallest absolute Gasteiger partial charge is 0.0520 e. The lowest BCUT2D eigenvalue weighted by molar-refractivity contribution is 0.732. The largest absolute Gasteiger partial charge is 0.319 e. The zero-order valence-electron chi connectivity index (χ0n) is 6.33. The van der Waals surface area contributed by atoms with Crippen LogP contribution in [0.1, 0.15) is 13.8 Å². The molecule has 1 rings (SSSR count). The van der Waals surface area contributed by atoms with Crippen LogP contribution in [0.3, 0.4) is 0 Å². The number of hydrogen-bond donors (Lipinski definition) is 1. The third-order valence-electron chi connectivity index (χ3n) is 1.34. The molecule has 1 unspecified atom stereocenters. The highest BCUT2D eigenvalue weighted by atomic mass is 14.7. The van der Waals surface area contributed by atoms with Crippen molar-refractivity contribution >= 4 is 6.21 Å². The van der Waals surface area contributed by atoms with Gasteiger partial charge in [-0.3, -0.25) is 4.99 Å². The van der Waals surface area contributed by atoms with Gasteiger partial charge in [-0.1, -0.05) is 6.08 Å².